The summed E-state index contributed by atoms with van der Waals surface area (Å²) in [5.74, 6) is 0.956. The third-order valence-electron chi connectivity index (χ3n) is 5.68. The zero-order valence-corrected chi connectivity index (χ0v) is 17.4. The Bertz CT molecular complexity index is 364. The van der Waals surface area contributed by atoms with Crippen molar-refractivity contribution in [3.63, 3.8) is 0 Å². The normalized spacial score (nSPS) is 25.6. The molecule has 1 aliphatic heterocycles. The zero-order chi connectivity index (χ0) is 16.7. The van der Waals surface area contributed by atoms with E-state index in [-0.39, 0.29) is 42.7 Å². The van der Waals surface area contributed by atoms with E-state index in [2.05, 4.69) is 24.1 Å². The molecule has 7 heteroatoms. The van der Waals surface area contributed by atoms with Gasteiger partial charge in [0.05, 0.1) is 13.2 Å². The lowest BCUT2D eigenvalue weighted by Crippen LogP contribution is -2.52. The maximum Gasteiger partial charge on any atom is 0.223 e. The van der Waals surface area contributed by atoms with Crippen LogP contribution < -0.4 is 11.1 Å². The topological polar surface area (TPSA) is 67.6 Å². The molecule has 0 aromatic carbocycles. The van der Waals surface area contributed by atoms with Gasteiger partial charge in [0, 0.05) is 37.6 Å². The molecule has 2 fully saturated rings. The molecule has 25 heavy (non-hydrogen) atoms. The average molecular weight is 398 g/mol. The van der Waals surface area contributed by atoms with Gasteiger partial charge in [0.25, 0.3) is 0 Å². The van der Waals surface area contributed by atoms with E-state index in [1.807, 2.05) is 0 Å². The highest BCUT2D eigenvalue weighted by atomic mass is 35.5. The minimum absolute atomic E-state index is 0. The first-order valence-corrected chi connectivity index (χ1v) is 9.50. The van der Waals surface area contributed by atoms with E-state index in [1.54, 1.807) is 0 Å². The van der Waals surface area contributed by atoms with Gasteiger partial charge in [-0.25, -0.2) is 0 Å². The number of ether oxygens (including phenoxy) is 1. The summed E-state index contributed by atoms with van der Waals surface area (Å²) in [6, 6.07) is 0.628. The lowest BCUT2D eigenvalue weighted by atomic mass is 9.85. The highest BCUT2D eigenvalue weighted by molar-refractivity contribution is 5.85. The molecule has 1 aliphatic carbocycles. The molecule has 3 atom stereocenters. The third kappa shape index (κ3) is 7.59. The van der Waals surface area contributed by atoms with Crippen molar-refractivity contribution in [2.45, 2.75) is 64.5 Å². The smallest absolute Gasteiger partial charge is 0.223 e. The number of carbonyl (C=O) groups excluding carboxylic acids is 1. The van der Waals surface area contributed by atoms with Gasteiger partial charge in [-0.2, -0.15) is 0 Å². The SMILES string of the molecule is CCC(CC)C(CNC(=O)C1CCCC(N)C1)N1CCOCC1.Cl.Cl. The monoisotopic (exact) mass is 397 g/mol. The Balaban J connectivity index is 0.00000288. The van der Waals surface area contributed by atoms with Gasteiger partial charge in [-0.1, -0.05) is 33.1 Å². The van der Waals surface area contributed by atoms with Gasteiger partial charge in [0.2, 0.25) is 5.91 Å². The highest BCUT2D eigenvalue weighted by Gasteiger charge is 2.29. The van der Waals surface area contributed by atoms with Crippen molar-refractivity contribution in [3.05, 3.63) is 0 Å². The molecule has 1 amide bonds. The quantitative estimate of drug-likeness (QED) is 0.692. The average Bonchev–Trinajstić information content (AvgIpc) is 2.59. The summed E-state index contributed by atoms with van der Waals surface area (Å²) >= 11 is 0. The predicted octanol–water partition coefficient (Wildman–Crippen LogP) is 2.60. The molecular formula is C18H37Cl2N3O2. The molecule has 2 rings (SSSR count). The molecule has 2 aliphatic rings. The Morgan fingerprint density at radius 1 is 1.20 bits per heavy atom. The van der Waals surface area contributed by atoms with E-state index in [4.69, 9.17) is 10.5 Å². The lowest BCUT2D eigenvalue weighted by Gasteiger charge is -2.39. The molecular weight excluding hydrogens is 361 g/mol. The van der Waals surface area contributed by atoms with Crippen LogP contribution in [0.15, 0.2) is 0 Å². The number of carbonyl (C=O) groups is 1. The summed E-state index contributed by atoms with van der Waals surface area (Å²) in [5, 5.41) is 3.24. The van der Waals surface area contributed by atoms with E-state index in [0.29, 0.717) is 12.0 Å². The fourth-order valence-electron chi connectivity index (χ4n) is 4.15. The number of nitrogens with two attached hydrogens (primary N) is 1. The van der Waals surface area contributed by atoms with Crippen LogP contribution in [0.4, 0.5) is 0 Å². The van der Waals surface area contributed by atoms with Crippen LogP contribution in [0.25, 0.3) is 0 Å². The summed E-state index contributed by atoms with van der Waals surface area (Å²) in [4.78, 5) is 15.0. The Kier molecular flexibility index (Phi) is 13.1. The minimum atomic E-state index is 0. The number of morpholine rings is 1. The van der Waals surface area contributed by atoms with Gasteiger partial charge in [0.1, 0.15) is 0 Å². The van der Waals surface area contributed by atoms with E-state index in [1.165, 1.54) is 0 Å². The standard InChI is InChI=1S/C18H35N3O2.2ClH/c1-3-14(4-2)17(21-8-10-23-11-9-21)13-20-18(22)15-6-5-7-16(19)12-15;;/h14-17H,3-13,19H2,1-2H3,(H,20,22);2*1H. The fraction of sp³-hybridized carbons (Fsp3) is 0.944. The Morgan fingerprint density at radius 3 is 2.40 bits per heavy atom. The van der Waals surface area contributed by atoms with E-state index >= 15 is 0 Å². The molecule has 5 nitrogen and oxygen atoms in total. The lowest BCUT2D eigenvalue weighted by molar-refractivity contribution is -0.126. The molecule has 0 spiro atoms. The first kappa shape index (κ1) is 24.9. The van der Waals surface area contributed by atoms with Gasteiger partial charge in [-0.15, -0.1) is 24.8 Å². The second-order valence-corrected chi connectivity index (χ2v) is 7.16. The summed E-state index contributed by atoms with van der Waals surface area (Å²) in [6.45, 7) is 8.84. The van der Waals surface area contributed by atoms with Crippen molar-refractivity contribution < 1.29 is 9.53 Å². The van der Waals surface area contributed by atoms with E-state index in [9.17, 15) is 4.79 Å². The van der Waals surface area contributed by atoms with E-state index in [0.717, 1.165) is 71.4 Å². The van der Waals surface area contributed by atoms with Crippen molar-refractivity contribution in [1.29, 1.82) is 0 Å². The molecule has 1 saturated heterocycles. The van der Waals surface area contributed by atoms with Crippen LogP contribution in [0.2, 0.25) is 0 Å². The number of nitrogens with zero attached hydrogens (tertiary/aromatic N) is 1. The molecule has 0 bridgehead atoms. The Morgan fingerprint density at radius 2 is 1.84 bits per heavy atom. The van der Waals surface area contributed by atoms with Gasteiger partial charge >= 0.3 is 0 Å². The largest absolute Gasteiger partial charge is 0.379 e. The molecule has 0 radical (unpaired) electrons. The van der Waals surface area contributed by atoms with Crippen LogP contribution in [0, 0.1) is 11.8 Å². The van der Waals surface area contributed by atoms with Gasteiger partial charge in [-0.05, 0) is 25.2 Å². The van der Waals surface area contributed by atoms with Gasteiger partial charge < -0.3 is 15.8 Å². The van der Waals surface area contributed by atoms with Crippen molar-refractivity contribution in [2.24, 2.45) is 17.6 Å². The van der Waals surface area contributed by atoms with Crippen LogP contribution in [0.3, 0.4) is 0 Å². The zero-order valence-electron chi connectivity index (χ0n) is 15.7. The van der Waals surface area contributed by atoms with Crippen molar-refractivity contribution >= 4 is 30.7 Å². The summed E-state index contributed by atoms with van der Waals surface area (Å²) < 4.78 is 5.49. The van der Waals surface area contributed by atoms with Gasteiger partial charge in [-0.3, -0.25) is 9.69 Å². The molecule has 0 aromatic heterocycles. The van der Waals surface area contributed by atoms with Crippen LogP contribution >= 0.6 is 24.8 Å². The molecule has 1 saturated carbocycles. The third-order valence-corrected chi connectivity index (χ3v) is 5.68. The number of halogens is 2. The second kappa shape index (κ2) is 13.2. The van der Waals surface area contributed by atoms with Crippen LogP contribution in [-0.4, -0.2) is 55.7 Å². The van der Waals surface area contributed by atoms with Crippen molar-refractivity contribution in [3.8, 4) is 0 Å². The second-order valence-electron chi connectivity index (χ2n) is 7.16. The maximum absolute atomic E-state index is 12.5. The predicted molar refractivity (Wildman–Crippen MR) is 108 cm³/mol. The Labute approximate surface area is 165 Å². The van der Waals surface area contributed by atoms with Crippen LogP contribution in [0.5, 0.6) is 0 Å². The number of hydrogen-bond donors (Lipinski definition) is 2. The molecule has 0 aromatic rings. The first-order valence-electron chi connectivity index (χ1n) is 9.50. The van der Waals surface area contributed by atoms with Crippen molar-refractivity contribution in [2.75, 3.05) is 32.8 Å². The number of hydrogen-bond acceptors (Lipinski definition) is 4. The maximum atomic E-state index is 12.5. The highest BCUT2D eigenvalue weighted by Crippen LogP contribution is 2.24. The number of amides is 1. The van der Waals surface area contributed by atoms with E-state index < -0.39 is 0 Å². The Hall–Kier alpha value is -0.0700. The summed E-state index contributed by atoms with van der Waals surface area (Å²) in [7, 11) is 0. The minimum Gasteiger partial charge on any atom is -0.379 e. The summed E-state index contributed by atoms with van der Waals surface area (Å²) in [5.41, 5.74) is 6.02. The molecule has 150 valence electrons. The van der Waals surface area contributed by atoms with Crippen LogP contribution in [0.1, 0.15) is 52.4 Å². The molecule has 3 unspecified atom stereocenters. The molecule has 3 N–H and O–H groups in total. The number of nitrogens with one attached hydrogen (secondary N) is 1. The van der Waals surface area contributed by atoms with Crippen LogP contribution in [-0.2, 0) is 9.53 Å². The van der Waals surface area contributed by atoms with Gasteiger partial charge in [0.15, 0.2) is 0 Å². The number of rotatable bonds is 7. The first-order chi connectivity index (χ1) is 11.2. The fourth-order valence-corrected chi connectivity index (χ4v) is 4.15. The summed E-state index contributed by atoms with van der Waals surface area (Å²) in [6.07, 6.45) is 6.30. The van der Waals surface area contributed by atoms with Crippen molar-refractivity contribution in [1.82, 2.24) is 10.2 Å². The molecule has 1 heterocycles.